The molecular weight excluding hydrogens is 256 g/mol. The van der Waals surface area contributed by atoms with Gasteiger partial charge in [0.15, 0.2) is 0 Å². The second-order valence-electron chi connectivity index (χ2n) is 4.94. The van der Waals surface area contributed by atoms with Crippen molar-refractivity contribution in [3.63, 3.8) is 0 Å². The van der Waals surface area contributed by atoms with Crippen molar-refractivity contribution in [1.82, 2.24) is 10.2 Å². The third-order valence-electron chi connectivity index (χ3n) is 3.27. The maximum atomic E-state index is 9.83. The van der Waals surface area contributed by atoms with Crippen molar-refractivity contribution in [2.75, 3.05) is 52.5 Å². The van der Waals surface area contributed by atoms with E-state index in [0.29, 0.717) is 13.2 Å². The van der Waals surface area contributed by atoms with E-state index in [4.69, 9.17) is 9.47 Å². The highest BCUT2D eigenvalue weighted by Crippen LogP contribution is 2.08. The van der Waals surface area contributed by atoms with Gasteiger partial charge in [0.1, 0.15) is 18.5 Å². The van der Waals surface area contributed by atoms with Crippen LogP contribution in [0.1, 0.15) is 0 Å². The fourth-order valence-corrected chi connectivity index (χ4v) is 2.10. The molecule has 1 aromatic carbocycles. The van der Waals surface area contributed by atoms with Crippen LogP contribution in [0, 0.1) is 0 Å². The van der Waals surface area contributed by atoms with Crippen LogP contribution < -0.4 is 10.1 Å². The van der Waals surface area contributed by atoms with Gasteiger partial charge in [-0.15, -0.1) is 0 Å². The fraction of sp³-hybridized carbons (Fsp3) is 0.600. The molecule has 0 aliphatic carbocycles. The Kier molecular flexibility index (Phi) is 6.80. The fourth-order valence-electron chi connectivity index (χ4n) is 2.10. The molecule has 2 N–H and O–H groups in total. The minimum Gasteiger partial charge on any atom is -0.491 e. The molecule has 5 nitrogen and oxygen atoms in total. The first kappa shape index (κ1) is 15.3. The number of aliphatic hydroxyl groups excluding tert-OH is 1. The highest BCUT2D eigenvalue weighted by molar-refractivity contribution is 5.20. The molecule has 112 valence electrons. The van der Waals surface area contributed by atoms with E-state index in [1.165, 1.54) is 0 Å². The number of hydrogen-bond donors (Lipinski definition) is 2. The van der Waals surface area contributed by atoms with Crippen LogP contribution in [0.25, 0.3) is 0 Å². The molecular formula is C15H24N2O3. The molecule has 0 bridgehead atoms. The van der Waals surface area contributed by atoms with E-state index < -0.39 is 6.10 Å². The first-order valence-corrected chi connectivity index (χ1v) is 7.21. The third-order valence-corrected chi connectivity index (χ3v) is 3.27. The Bertz CT molecular complexity index is 355. The lowest BCUT2D eigenvalue weighted by molar-refractivity contribution is 0.0376. The summed E-state index contributed by atoms with van der Waals surface area (Å²) in [6, 6.07) is 9.55. The van der Waals surface area contributed by atoms with Crippen LogP contribution in [-0.4, -0.2) is 68.7 Å². The summed E-state index contributed by atoms with van der Waals surface area (Å²) in [5, 5.41) is 13.1. The van der Waals surface area contributed by atoms with Crippen molar-refractivity contribution in [3.05, 3.63) is 30.3 Å². The van der Waals surface area contributed by atoms with Gasteiger partial charge in [0, 0.05) is 32.7 Å². The van der Waals surface area contributed by atoms with E-state index in [-0.39, 0.29) is 0 Å². The van der Waals surface area contributed by atoms with Crippen LogP contribution in [0.5, 0.6) is 5.75 Å². The third kappa shape index (κ3) is 5.88. The van der Waals surface area contributed by atoms with Crippen molar-refractivity contribution in [3.8, 4) is 5.75 Å². The molecule has 1 aliphatic rings. The number of ether oxygens (including phenoxy) is 2. The Morgan fingerprint density at radius 3 is 2.75 bits per heavy atom. The predicted molar refractivity (Wildman–Crippen MR) is 78.1 cm³/mol. The van der Waals surface area contributed by atoms with Crippen LogP contribution >= 0.6 is 0 Å². The van der Waals surface area contributed by atoms with Gasteiger partial charge >= 0.3 is 0 Å². The summed E-state index contributed by atoms with van der Waals surface area (Å²) in [6.45, 7) is 6.40. The summed E-state index contributed by atoms with van der Waals surface area (Å²) in [4.78, 5) is 2.36. The van der Waals surface area contributed by atoms with Gasteiger partial charge in [0.2, 0.25) is 0 Å². The maximum Gasteiger partial charge on any atom is 0.119 e. The molecule has 1 unspecified atom stereocenters. The molecule has 1 heterocycles. The van der Waals surface area contributed by atoms with E-state index in [1.807, 2.05) is 30.3 Å². The van der Waals surface area contributed by atoms with Gasteiger partial charge < -0.3 is 19.9 Å². The molecule has 0 radical (unpaired) electrons. The Balaban J connectivity index is 1.50. The molecule has 0 saturated carbocycles. The number of nitrogens with zero attached hydrogens (tertiary/aromatic N) is 1. The minimum atomic E-state index is -0.486. The largest absolute Gasteiger partial charge is 0.491 e. The normalized spacial score (nSPS) is 17.9. The van der Waals surface area contributed by atoms with Gasteiger partial charge in [-0.3, -0.25) is 4.90 Å². The number of aliphatic hydroxyl groups is 1. The van der Waals surface area contributed by atoms with Crippen LogP contribution in [0.4, 0.5) is 0 Å². The van der Waals surface area contributed by atoms with Gasteiger partial charge in [-0.05, 0) is 12.1 Å². The number of rotatable bonds is 8. The van der Waals surface area contributed by atoms with Gasteiger partial charge in [-0.1, -0.05) is 18.2 Å². The summed E-state index contributed by atoms with van der Waals surface area (Å²) in [6.07, 6.45) is -0.486. The first-order chi connectivity index (χ1) is 9.84. The van der Waals surface area contributed by atoms with E-state index in [0.717, 1.165) is 45.1 Å². The van der Waals surface area contributed by atoms with Gasteiger partial charge in [0.05, 0.1) is 13.2 Å². The Labute approximate surface area is 120 Å². The number of benzene rings is 1. The van der Waals surface area contributed by atoms with E-state index >= 15 is 0 Å². The number of para-hydroxylation sites is 1. The van der Waals surface area contributed by atoms with Crippen LogP contribution in [0.2, 0.25) is 0 Å². The molecule has 1 atom stereocenters. The molecule has 1 aliphatic heterocycles. The summed E-state index contributed by atoms with van der Waals surface area (Å²) >= 11 is 0. The molecule has 20 heavy (non-hydrogen) atoms. The van der Waals surface area contributed by atoms with E-state index in [1.54, 1.807) is 0 Å². The average molecular weight is 280 g/mol. The van der Waals surface area contributed by atoms with Gasteiger partial charge in [-0.25, -0.2) is 0 Å². The topological polar surface area (TPSA) is 54.0 Å². The zero-order valence-corrected chi connectivity index (χ0v) is 11.8. The van der Waals surface area contributed by atoms with Crippen molar-refractivity contribution in [2.24, 2.45) is 0 Å². The molecule has 0 amide bonds. The Hall–Kier alpha value is -1.14. The number of nitrogens with one attached hydrogen (secondary N) is 1. The Morgan fingerprint density at radius 2 is 2.00 bits per heavy atom. The summed E-state index contributed by atoms with van der Waals surface area (Å²) in [7, 11) is 0. The van der Waals surface area contributed by atoms with Crippen molar-refractivity contribution >= 4 is 0 Å². The lowest BCUT2D eigenvalue weighted by Crippen LogP contribution is -2.41. The smallest absolute Gasteiger partial charge is 0.119 e. The zero-order valence-electron chi connectivity index (χ0n) is 11.8. The molecule has 1 aromatic rings. The second kappa shape index (κ2) is 8.92. The standard InChI is InChI=1S/C15H24N2O3/c18-14(13-20-15-4-2-1-3-5-15)12-16-6-7-17-8-10-19-11-9-17/h1-5,14,16,18H,6-13H2. The summed E-state index contributed by atoms with van der Waals surface area (Å²) < 4.78 is 10.8. The van der Waals surface area contributed by atoms with Crippen molar-refractivity contribution < 1.29 is 14.6 Å². The molecule has 5 heteroatoms. The predicted octanol–water partition coefficient (Wildman–Crippen LogP) is 0.348. The average Bonchev–Trinajstić information content (AvgIpc) is 2.52. The maximum absolute atomic E-state index is 9.83. The molecule has 2 rings (SSSR count). The lowest BCUT2D eigenvalue weighted by atomic mass is 10.3. The minimum absolute atomic E-state index is 0.314. The summed E-state index contributed by atoms with van der Waals surface area (Å²) in [5.74, 6) is 0.792. The van der Waals surface area contributed by atoms with E-state index in [9.17, 15) is 5.11 Å². The molecule has 0 aromatic heterocycles. The lowest BCUT2D eigenvalue weighted by Gasteiger charge is -2.26. The first-order valence-electron chi connectivity index (χ1n) is 7.21. The van der Waals surface area contributed by atoms with E-state index in [2.05, 4.69) is 10.2 Å². The summed E-state index contributed by atoms with van der Waals surface area (Å²) in [5.41, 5.74) is 0. The second-order valence-corrected chi connectivity index (χ2v) is 4.94. The van der Waals surface area contributed by atoms with Crippen molar-refractivity contribution in [1.29, 1.82) is 0 Å². The zero-order chi connectivity index (χ0) is 14.0. The molecule has 1 fully saturated rings. The highest BCUT2D eigenvalue weighted by atomic mass is 16.5. The van der Waals surface area contributed by atoms with Crippen molar-refractivity contribution in [2.45, 2.75) is 6.10 Å². The van der Waals surface area contributed by atoms with Crippen LogP contribution in [0.3, 0.4) is 0 Å². The Morgan fingerprint density at radius 1 is 1.25 bits per heavy atom. The highest BCUT2D eigenvalue weighted by Gasteiger charge is 2.10. The SMILES string of the molecule is OC(CNCCN1CCOCC1)COc1ccccc1. The number of hydrogen-bond acceptors (Lipinski definition) is 5. The monoisotopic (exact) mass is 280 g/mol. The molecule has 1 saturated heterocycles. The van der Waals surface area contributed by atoms with Gasteiger partial charge in [-0.2, -0.15) is 0 Å². The molecule has 0 spiro atoms. The van der Waals surface area contributed by atoms with Gasteiger partial charge in [0.25, 0.3) is 0 Å². The quantitative estimate of drug-likeness (QED) is 0.673. The number of morpholine rings is 1. The van der Waals surface area contributed by atoms with Crippen LogP contribution in [0.15, 0.2) is 30.3 Å². The van der Waals surface area contributed by atoms with Crippen LogP contribution in [-0.2, 0) is 4.74 Å².